The summed E-state index contributed by atoms with van der Waals surface area (Å²) >= 11 is 0. The number of pyridine rings is 1. The number of esters is 1. The number of aromatic nitrogens is 1. The number of piperidine rings is 1. The number of carbonyl (C=O) groups is 1. The van der Waals surface area contributed by atoms with Gasteiger partial charge in [0.05, 0.1) is 7.11 Å². The van der Waals surface area contributed by atoms with Gasteiger partial charge in [-0.1, -0.05) is 0 Å². The Morgan fingerprint density at radius 1 is 1.61 bits per heavy atom. The first kappa shape index (κ1) is 12.8. The van der Waals surface area contributed by atoms with Crippen LogP contribution in [0.4, 0.5) is 5.69 Å². The van der Waals surface area contributed by atoms with E-state index in [1.165, 1.54) is 7.11 Å². The van der Waals surface area contributed by atoms with Crippen LogP contribution in [0.2, 0.25) is 0 Å². The van der Waals surface area contributed by atoms with Crippen LogP contribution in [0.5, 0.6) is 0 Å². The van der Waals surface area contributed by atoms with Crippen LogP contribution in [0, 0.1) is 0 Å². The van der Waals surface area contributed by atoms with Crippen molar-refractivity contribution in [1.82, 2.24) is 4.98 Å². The molecule has 0 bridgehead atoms. The second-order valence-corrected chi connectivity index (χ2v) is 4.72. The standard InChI is InChI=1S/C13H19N3O2/c1-9-7-10(14)4-6-16(9)11-3-5-15-12(8-11)13(17)18-2/h3,5,8-10H,4,6-7,14H2,1-2H3. The van der Waals surface area contributed by atoms with Crippen molar-refractivity contribution in [3.63, 3.8) is 0 Å². The first-order valence-electron chi connectivity index (χ1n) is 6.18. The maximum atomic E-state index is 11.5. The minimum Gasteiger partial charge on any atom is -0.464 e. The fourth-order valence-corrected chi connectivity index (χ4v) is 2.41. The number of hydrogen-bond donors (Lipinski definition) is 1. The normalized spacial score (nSPS) is 23.8. The van der Waals surface area contributed by atoms with E-state index < -0.39 is 5.97 Å². The minimum atomic E-state index is -0.404. The summed E-state index contributed by atoms with van der Waals surface area (Å²) in [6, 6.07) is 4.35. The van der Waals surface area contributed by atoms with E-state index in [4.69, 9.17) is 5.73 Å². The van der Waals surface area contributed by atoms with Crippen LogP contribution in [0.3, 0.4) is 0 Å². The lowest BCUT2D eigenvalue weighted by atomic mass is 9.98. The van der Waals surface area contributed by atoms with Gasteiger partial charge in [0.15, 0.2) is 0 Å². The summed E-state index contributed by atoms with van der Waals surface area (Å²) in [5.41, 5.74) is 7.30. The molecule has 2 rings (SSSR count). The smallest absolute Gasteiger partial charge is 0.356 e. The van der Waals surface area contributed by atoms with E-state index in [0.717, 1.165) is 25.1 Å². The Bertz CT molecular complexity index is 436. The molecule has 1 saturated heterocycles. The monoisotopic (exact) mass is 249 g/mol. The van der Waals surface area contributed by atoms with Gasteiger partial charge < -0.3 is 15.4 Å². The molecule has 1 aromatic heterocycles. The van der Waals surface area contributed by atoms with Crippen LogP contribution in [-0.4, -0.2) is 36.7 Å². The van der Waals surface area contributed by atoms with Crippen molar-refractivity contribution in [2.24, 2.45) is 5.73 Å². The van der Waals surface area contributed by atoms with E-state index in [0.29, 0.717) is 11.7 Å². The van der Waals surface area contributed by atoms with Crippen molar-refractivity contribution in [1.29, 1.82) is 0 Å². The Balaban J connectivity index is 2.20. The van der Waals surface area contributed by atoms with Gasteiger partial charge in [-0.15, -0.1) is 0 Å². The summed E-state index contributed by atoms with van der Waals surface area (Å²) in [5.74, 6) is -0.404. The Labute approximate surface area is 107 Å². The molecule has 0 amide bonds. The van der Waals surface area contributed by atoms with Crippen molar-refractivity contribution in [3.05, 3.63) is 24.0 Å². The maximum Gasteiger partial charge on any atom is 0.356 e. The van der Waals surface area contributed by atoms with Crippen LogP contribution in [-0.2, 0) is 4.74 Å². The number of nitrogens with zero attached hydrogens (tertiary/aromatic N) is 2. The number of methoxy groups -OCH3 is 1. The molecule has 1 fully saturated rings. The largest absolute Gasteiger partial charge is 0.464 e. The highest BCUT2D eigenvalue weighted by Crippen LogP contribution is 2.24. The highest BCUT2D eigenvalue weighted by atomic mass is 16.5. The molecule has 0 saturated carbocycles. The minimum absolute atomic E-state index is 0.276. The average Bonchev–Trinajstić information content (AvgIpc) is 2.38. The van der Waals surface area contributed by atoms with E-state index in [-0.39, 0.29) is 6.04 Å². The molecule has 5 heteroatoms. The van der Waals surface area contributed by atoms with Crippen molar-refractivity contribution in [2.45, 2.75) is 31.8 Å². The highest BCUT2D eigenvalue weighted by Gasteiger charge is 2.24. The van der Waals surface area contributed by atoms with Gasteiger partial charge >= 0.3 is 5.97 Å². The molecule has 1 aromatic rings. The van der Waals surface area contributed by atoms with Gasteiger partial charge in [0.2, 0.25) is 0 Å². The molecule has 2 heterocycles. The van der Waals surface area contributed by atoms with E-state index in [1.54, 1.807) is 12.3 Å². The third-order valence-corrected chi connectivity index (χ3v) is 3.39. The van der Waals surface area contributed by atoms with Gasteiger partial charge in [-0.3, -0.25) is 0 Å². The quantitative estimate of drug-likeness (QED) is 0.797. The molecule has 0 aromatic carbocycles. The molecular formula is C13H19N3O2. The van der Waals surface area contributed by atoms with E-state index in [1.807, 2.05) is 6.07 Å². The molecule has 2 unspecified atom stereocenters. The summed E-state index contributed by atoms with van der Waals surface area (Å²) in [4.78, 5) is 17.7. The number of ether oxygens (including phenoxy) is 1. The fraction of sp³-hybridized carbons (Fsp3) is 0.538. The molecule has 18 heavy (non-hydrogen) atoms. The van der Waals surface area contributed by atoms with Gasteiger partial charge in [0.25, 0.3) is 0 Å². The number of anilines is 1. The van der Waals surface area contributed by atoms with Gasteiger partial charge in [-0.2, -0.15) is 0 Å². The zero-order valence-electron chi connectivity index (χ0n) is 10.8. The van der Waals surface area contributed by atoms with Gasteiger partial charge in [-0.05, 0) is 31.9 Å². The summed E-state index contributed by atoms with van der Waals surface area (Å²) in [5, 5.41) is 0. The molecule has 5 nitrogen and oxygen atoms in total. The molecule has 1 aliphatic heterocycles. The van der Waals surface area contributed by atoms with Crippen molar-refractivity contribution < 1.29 is 9.53 Å². The van der Waals surface area contributed by atoms with Crippen LogP contribution in [0.25, 0.3) is 0 Å². The van der Waals surface area contributed by atoms with E-state index >= 15 is 0 Å². The van der Waals surface area contributed by atoms with Crippen LogP contribution in [0.1, 0.15) is 30.3 Å². The molecule has 2 atom stereocenters. The second kappa shape index (κ2) is 5.35. The fourth-order valence-electron chi connectivity index (χ4n) is 2.41. The molecule has 0 aliphatic carbocycles. The van der Waals surface area contributed by atoms with Gasteiger partial charge in [0.1, 0.15) is 5.69 Å². The number of carbonyl (C=O) groups excluding carboxylic acids is 1. The van der Waals surface area contributed by atoms with Crippen LogP contribution in [0.15, 0.2) is 18.3 Å². The molecule has 1 aliphatic rings. The zero-order valence-corrected chi connectivity index (χ0v) is 10.8. The van der Waals surface area contributed by atoms with Crippen molar-refractivity contribution >= 4 is 11.7 Å². The summed E-state index contributed by atoms with van der Waals surface area (Å²) in [7, 11) is 1.36. The number of nitrogens with two attached hydrogens (primary N) is 1. The van der Waals surface area contributed by atoms with E-state index in [2.05, 4.69) is 21.5 Å². The Kier molecular flexibility index (Phi) is 3.81. The van der Waals surface area contributed by atoms with Crippen molar-refractivity contribution in [3.8, 4) is 0 Å². The third kappa shape index (κ3) is 2.61. The predicted octanol–water partition coefficient (Wildman–Crippen LogP) is 1.18. The molecule has 2 N–H and O–H groups in total. The Morgan fingerprint density at radius 2 is 2.39 bits per heavy atom. The first-order valence-corrected chi connectivity index (χ1v) is 6.18. The molecule has 0 radical (unpaired) electrons. The molecule has 98 valence electrons. The highest BCUT2D eigenvalue weighted by molar-refractivity contribution is 5.88. The third-order valence-electron chi connectivity index (χ3n) is 3.39. The lowest BCUT2D eigenvalue weighted by Crippen LogP contribution is -2.45. The van der Waals surface area contributed by atoms with Crippen molar-refractivity contribution in [2.75, 3.05) is 18.6 Å². The summed E-state index contributed by atoms with van der Waals surface area (Å²) < 4.78 is 4.68. The first-order chi connectivity index (χ1) is 8.61. The summed E-state index contributed by atoms with van der Waals surface area (Å²) in [6.45, 7) is 3.06. The average molecular weight is 249 g/mol. The van der Waals surface area contributed by atoms with Crippen LogP contribution < -0.4 is 10.6 Å². The Hall–Kier alpha value is -1.62. The lowest BCUT2D eigenvalue weighted by molar-refractivity contribution is 0.0594. The molecular weight excluding hydrogens is 230 g/mol. The number of rotatable bonds is 2. The van der Waals surface area contributed by atoms with E-state index in [9.17, 15) is 4.79 Å². The second-order valence-electron chi connectivity index (χ2n) is 4.72. The maximum absolute atomic E-state index is 11.5. The lowest BCUT2D eigenvalue weighted by Gasteiger charge is -2.38. The molecule has 0 spiro atoms. The topological polar surface area (TPSA) is 68.5 Å². The van der Waals surface area contributed by atoms with Gasteiger partial charge in [0, 0.05) is 30.5 Å². The summed E-state index contributed by atoms with van der Waals surface area (Å²) in [6.07, 6.45) is 3.58. The SMILES string of the molecule is COC(=O)c1cc(N2CCC(N)CC2C)ccn1. The zero-order chi connectivity index (χ0) is 13.1. The Morgan fingerprint density at radius 3 is 3.06 bits per heavy atom. The number of hydrogen-bond acceptors (Lipinski definition) is 5. The van der Waals surface area contributed by atoms with Crippen LogP contribution >= 0.6 is 0 Å². The predicted molar refractivity (Wildman–Crippen MR) is 69.6 cm³/mol. The van der Waals surface area contributed by atoms with Gasteiger partial charge in [-0.25, -0.2) is 9.78 Å².